The van der Waals surface area contributed by atoms with Gasteiger partial charge in [-0.1, -0.05) is 28.4 Å². The monoisotopic (exact) mass is 530 g/mol. The van der Waals surface area contributed by atoms with Crippen molar-refractivity contribution in [3.8, 4) is 0 Å². The summed E-state index contributed by atoms with van der Waals surface area (Å²) < 4.78 is 5.41. The lowest BCUT2D eigenvalue weighted by atomic mass is 10.0. The second-order valence-electron chi connectivity index (χ2n) is 9.03. The SMILES string of the molecule is O=C(Nc1ccc2[nH]nnc2c1)C1CC(=O)N(C2CCN(C(=O)OCc3cc(Cl)cc(Cl)c3)CC2)C1. The Kier molecular flexibility index (Phi) is 6.97. The molecule has 12 heteroatoms. The van der Waals surface area contributed by atoms with Gasteiger partial charge in [-0.3, -0.25) is 14.7 Å². The predicted octanol–water partition coefficient (Wildman–Crippen LogP) is 3.85. The Balaban J connectivity index is 1.10. The quantitative estimate of drug-likeness (QED) is 0.516. The van der Waals surface area contributed by atoms with E-state index in [9.17, 15) is 14.4 Å². The van der Waals surface area contributed by atoms with Gasteiger partial charge < -0.3 is 19.9 Å². The maximum absolute atomic E-state index is 12.8. The number of amides is 3. The number of halogens is 2. The van der Waals surface area contributed by atoms with Crippen molar-refractivity contribution in [2.45, 2.75) is 31.9 Å². The molecular weight excluding hydrogens is 507 g/mol. The Labute approximate surface area is 216 Å². The summed E-state index contributed by atoms with van der Waals surface area (Å²) in [6.45, 7) is 1.38. The molecule has 5 rings (SSSR count). The van der Waals surface area contributed by atoms with E-state index in [1.54, 1.807) is 46.2 Å². The first-order valence-electron chi connectivity index (χ1n) is 11.6. The van der Waals surface area contributed by atoms with Crippen LogP contribution in [0.2, 0.25) is 10.0 Å². The lowest BCUT2D eigenvalue weighted by Crippen LogP contribution is -2.47. The maximum atomic E-state index is 12.8. The number of ether oxygens (including phenoxy) is 1. The van der Waals surface area contributed by atoms with Gasteiger partial charge in [-0.05, 0) is 54.8 Å². The first-order chi connectivity index (χ1) is 17.4. The molecule has 0 aliphatic carbocycles. The molecule has 1 unspecified atom stereocenters. The van der Waals surface area contributed by atoms with Gasteiger partial charge in [0.05, 0.1) is 11.4 Å². The van der Waals surface area contributed by atoms with Crippen LogP contribution in [0.25, 0.3) is 11.0 Å². The van der Waals surface area contributed by atoms with Gasteiger partial charge in [0.2, 0.25) is 11.8 Å². The molecule has 2 aliphatic heterocycles. The number of carbonyl (C=O) groups is 3. The Morgan fingerprint density at radius 3 is 2.61 bits per heavy atom. The number of aromatic amines is 1. The molecule has 2 saturated heterocycles. The third kappa shape index (κ3) is 5.39. The Morgan fingerprint density at radius 1 is 1.11 bits per heavy atom. The molecule has 2 N–H and O–H groups in total. The van der Waals surface area contributed by atoms with Crippen LogP contribution in [0.5, 0.6) is 0 Å². The van der Waals surface area contributed by atoms with E-state index in [0.717, 1.165) is 5.52 Å². The first kappa shape index (κ1) is 24.3. The molecule has 3 heterocycles. The van der Waals surface area contributed by atoms with E-state index in [0.29, 0.717) is 59.3 Å². The minimum atomic E-state index is -0.432. The van der Waals surface area contributed by atoms with Crippen LogP contribution in [-0.4, -0.2) is 68.8 Å². The summed E-state index contributed by atoms with van der Waals surface area (Å²) in [7, 11) is 0. The Bertz CT molecular complexity index is 1290. The molecule has 2 fully saturated rings. The minimum absolute atomic E-state index is 0.0161. The van der Waals surface area contributed by atoms with Crippen LogP contribution in [0.15, 0.2) is 36.4 Å². The molecule has 36 heavy (non-hydrogen) atoms. The predicted molar refractivity (Wildman–Crippen MR) is 134 cm³/mol. The number of hydrogen-bond donors (Lipinski definition) is 2. The number of likely N-dealkylation sites (tertiary alicyclic amines) is 2. The molecule has 0 saturated carbocycles. The highest BCUT2D eigenvalue weighted by atomic mass is 35.5. The molecule has 2 aromatic carbocycles. The molecule has 10 nitrogen and oxygen atoms in total. The zero-order valence-corrected chi connectivity index (χ0v) is 20.8. The van der Waals surface area contributed by atoms with Crippen LogP contribution >= 0.6 is 23.2 Å². The standard InChI is InChI=1S/C24H24Cl2N6O4/c25-16-7-14(8-17(26)10-16)13-36-24(35)31-5-3-19(4-6-31)32-12-15(9-22(32)33)23(34)27-18-1-2-20-21(11-18)29-30-28-20/h1-2,7-8,10-11,15,19H,3-6,9,12-13H2,(H,27,34)(H,28,29,30). The largest absolute Gasteiger partial charge is 0.445 e. The lowest BCUT2D eigenvalue weighted by molar-refractivity contribution is -0.130. The van der Waals surface area contributed by atoms with Crippen LogP contribution < -0.4 is 5.32 Å². The number of hydrogen-bond acceptors (Lipinski definition) is 6. The molecular formula is C24H24Cl2N6O4. The van der Waals surface area contributed by atoms with Crippen molar-refractivity contribution in [2.75, 3.05) is 25.0 Å². The van der Waals surface area contributed by atoms with E-state index in [1.165, 1.54) is 0 Å². The van der Waals surface area contributed by atoms with E-state index >= 15 is 0 Å². The smallest absolute Gasteiger partial charge is 0.410 e. The van der Waals surface area contributed by atoms with Crippen molar-refractivity contribution >= 4 is 57.8 Å². The fourth-order valence-electron chi connectivity index (χ4n) is 4.71. The maximum Gasteiger partial charge on any atom is 0.410 e. The van der Waals surface area contributed by atoms with Gasteiger partial charge in [0, 0.05) is 47.8 Å². The van der Waals surface area contributed by atoms with E-state index in [1.807, 2.05) is 0 Å². The second-order valence-corrected chi connectivity index (χ2v) is 9.90. The summed E-state index contributed by atoms with van der Waals surface area (Å²) in [5.41, 5.74) is 2.75. The van der Waals surface area contributed by atoms with Gasteiger partial charge in [0.15, 0.2) is 0 Å². The molecule has 1 atom stereocenters. The van der Waals surface area contributed by atoms with Crippen molar-refractivity contribution < 1.29 is 19.1 Å². The summed E-state index contributed by atoms with van der Waals surface area (Å²) in [5, 5.41) is 14.3. The van der Waals surface area contributed by atoms with Crippen molar-refractivity contribution in [2.24, 2.45) is 5.92 Å². The van der Waals surface area contributed by atoms with E-state index in [4.69, 9.17) is 27.9 Å². The molecule has 0 radical (unpaired) electrons. The summed E-state index contributed by atoms with van der Waals surface area (Å²) >= 11 is 12.0. The fraction of sp³-hybridized carbons (Fsp3) is 0.375. The zero-order chi connectivity index (χ0) is 25.2. The average Bonchev–Trinajstić information content (AvgIpc) is 3.48. The van der Waals surface area contributed by atoms with E-state index < -0.39 is 12.0 Å². The van der Waals surface area contributed by atoms with Gasteiger partial charge in [0.25, 0.3) is 0 Å². The van der Waals surface area contributed by atoms with E-state index in [-0.39, 0.29) is 30.9 Å². The number of anilines is 1. The number of benzene rings is 2. The number of aromatic nitrogens is 3. The third-order valence-electron chi connectivity index (χ3n) is 6.57. The topological polar surface area (TPSA) is 121 Å². The van der Waals surface area contributed by atoms with Crippen molar-refractivity contribution in [3.05, 3.63) is 52.0 Å². The number of H-pyrrole nitrogens is 1. The molecule has 3 aromatic rings. The van der Waals surface area contributed by atoms with Crippen LogP contribution in [-0.2, 0) is 20.9 Å². The molecule has 3 amide bonds. The summed E-state index contributed by atoms with van der Waals surface area (Å²) in [6.07, 6.45) is 1.00. The van der Waals surface area contributed by atoms with Crippen LogP contribution in [0, 0.1) is 5.92 Å². The van der Waals surface area contributed by atoms with Crippen molar-refractivity contribution in [3.63, 3.8) is 0 Å². The van der Waals surface area contributed by atoms with Gasteiger partial charge in [-0.25, -0.2) is 4.79 Å². The van der Waals surface area contributed by atoms with Gasteiger partial charge >= 0.3 is 6.09 Å². The van der Waals surface area contributed by atoms with Crippen molar-refractivity contribution in [1.29, 1.82) is 0 Å². The fourth-order valence-corrected chi connectivity index (χ4v) is 5.29. The number of fused-ring (bicyclic) bond motifs is 1. The highest BCUT2D eigenvalue weighted by Gasteiger charge is 2.39. The van der Waals surface area contributed by atoms with E-state index in [2.05, 4.69) is 20.7 Å². The molecule has 2 aliphatic rings. The number of piperidine rings is 1. The van der Waals surface area contributed by atoms with Gasteiger partial charge in [0.1, 0.15) is 12.1 Å². The highest BCUT2D eigenvalue weighted by Crippen LogP contribution is 2.27. The van der Waals surface area contributed by atoms with Crippen molar-refractivity contribution in [1.82, 2.24) is 25.2 Å². The minimum Gasteiger partial charge on any atom is -0.445 e. The van der Waals surface area contributed by atoms with Crippen LogP contribution in [0.3, 0.4) is 0 Å². The van der Waals surface area contributed by atoms with Crippen LogP contribution in [0.4, 0.5) is 10.5 Å². The summed E-state index contributed by atoms with van der Waals surface area (Å²) in [4.78, 5) is 41.4. The third-order valence-corrected chi connectivity index (χ3v) is 7.01. The zero-order valence-electron chi connectivity index (χ0n) is 19.2. The lowest BCUT2D eigenvalue weighted by Gasteiger charge is -2.36. The Hall–Kier alpha value is -3.37. The second kappa shape index (κ2) is 10.3. The number of carbonyl (C=O) groups excluding carboxylic acids is 3. The molecule has 0 spiro atoms. The summed E-state index contributed by atoms with van der Waals surface area (Å²) in [6, 6.07) is 10.3. The number of nitrogens with one attached hydrogen (secondary N) is 2. The Morgan fingerprint density at radius 2 is 1.86 bits per heavy atom. The number of rotatable bonds is 5. The number of nitrogens with zero attached hydrogens (tertiary/aromatic N) is 4. The molecule has 188 valence electrons. The van der Waals surface area contributed by atoms with Gasteiger partial charge in [-0.15, -0.1) is 5.10 Å². The summed E-state index contributed by atoms with van der Waals surface area (Å²) in [5.74, 6) is -0.671. The van der Waals surface area contributed by atoms with Crippen LogP contribution in [0.1, 0.15) is 24.8 Å². The first-order valence-corrected chi connectivity index (χ1v) is 12.4. The molecule has 1 aromatic heterocycles. The highest BCUT2D eigenvalue weighted by molar-refractivity contribution is 6.34. The molecule has 0 bridgehead atoms. The normalized spacial score (nSPS) is 18.6. The average molecular weight is 531 g/mol. The van der Waals surface area contributed by atoms with Gasteiger partial charge in [-0.2, -0.15) is 0 Å².